The summed E-state index contributed by atoms with van der Waals surface area (Å²) >= 11 is 0. The molecule has 0 spiro atoms. The second kappa shape index (κ2) is 4.53. The van der Waals surface area contributed by atoms with Gasteiger partial charge in [-0.15, -0.1) is 0 Å². The summed E-state index contributed by atoms with van der Waals surface area (Å²) in [6, 6.07) is 6.38. The molecule has 2 aromatic rings. The Labute approximate surface area is 112 Å². The number of fused-ring (bicyclic) bond motifs is 1. The maximum atomic E-state index is 13.8. The van der Waals surface area contributed by atoms with Crippen molar-refractivity contribution in [2.45, 2.75) is 24.9 Å². The van der Waals surface area contributed by atoms with Crippen LogP contribution in [0.2, 0.25) is 0 Å². The highest BCUT2D eigenvalue weighted by atomic mass is 19.1. The monoisotopic (exact) mass is 262 g/mol. The van der Waals surface area contributed by atoms with Gasteiger partial charge < -0.3 is 14.2 Å². The van der Waals surface area contributed by atoms with E-state index in [9.17, 15) is 4.39 Å². The number of hydrogen-bond donors (Lipinski definition) is 0. The quantitative estimate of drug-likeness (QED) is 0.846. The van der Waals surface area contributed by atoms with Gasteiger partial charge in [0.25, 0.3) is 0 Å². The summed E-state index contributed by atoms with van der Waals surface area (Å²) in [5.41, 5.74) is 0.879. The third-order valence-corrected chi connectivity index (χ3v) is 4.20. The molecule has 1 saturated carbocycles. The van der Waals surface area contributed by atoms with Gasteiger partial charge in [-0.2, -0.15) is 0 Å². The molecule has 1 fully saturated rings. The molecular weight excluding hydrogens is 243 g/mol. The predicted molar refractivity (Wildman–Crippen MR) is 74.2 cm³/mol. The zero-order valence-electron chi connectivity index (χ0n) is 11.6. The van der Waals surface area contributed by atoms with Crippen molar-refractivity contribution in [2.75, 3.05) is 21.2 Å². The molecule has 3 nitrogen and oxygen atoms in total. The van der Waals surface area contributed by atoms with E-state index in [-0.39, 0.29) is 5.82 Å². The fourth-order valence-electron chi connectivity index (χ4n) is 2.90. The molecule has 1 aliphatic rings. The number of hydrogen-bond acceptors (Lipinski definition) is 2. The Morgan fingerprint density at radius 2 is 2.00 bits per heavy atom. The van der Waals surface area contributed by atoms with Gasteiger partial charge in [0, 0.05) is 23.7 Å². The second-order valence-corrected chi connectivity index (χ2v) is 5.48. The fraction of sp³-hybridized carbons (Fsp3) is 0.467. The van der Waals surface area contributed by atoms with Crippen LogP contribution in [-0.4, -0.2) is 36.7 Å². The molecule has 19 heavy (non-hydrogen) atoms. The van der Waals surface area contributed by atoms with Crippen LogP contribution in [0.1, 0.15) is 18.9 Å². The molecule has 0 bridgehead atoms. The summed E-state index contributed by atoms with van der Waals surface area (Å²) in [7, 11) is 5.74. The van der Waals surface area contributed by atoms with Crippen LogP contribution in [0.4, 0.5) is 4.39 Å². The van der Waals surface area contributed by atoms with Gasteiger partial charge in [-0.25, -0.2) is 4.39 Å². The van der Waals surface area contributed by atoms with Crippen molar-refractivity contribution in [2.24, 2.45) is 0 Å². The standard InChI is InChI=1S/C15H19FN2O/c1-17(2)11-8-12(9-11)18-7-6-10-4-5-13(16)15(19-3)14(10)18/h4-7,11-12H,8-9H2,1-3H3. The summed E-state index contributed by atoms with van der Waals surface area (Å²) in [6.07, 6.45) is 4.26. The molecule has 0 amide bonds. The third-order valence-electron chi connectivity index (χ3n) is 4.20. The first-order valence-corrected chi connectivity index (χ1v) is 6.61. The van der Waals surface area contributed by atoms with Gasteiger partial charge in [0.15, 0.2) is 11.6 Å². The highest BCUT2D eigenvalue weighted by Crippen LogP contribution is 2.40. The second-order valence-electron chi connectivity index (χ2n) is 5.48. The topological polar surface area (TPSA) is 17.4 Å². The minimum atomic E-state index is -0.293. The lowest BCUT2D eigenvalue weighted by molar-refractivity contribution is 0.131. The van der Waals surface area contributed by atoms with E-state index in [0.717, 1.165) is 23.7 Å². The Bertz CT molecular complexity index is 599. The minimum absolute atomic E-state index is 0.293. The van der Waals surface area contributed by atoms with Crippen molar-refractivity contribution in [1.82, 2.24) is 9.47 Å². The fourth-order valence-corrected chi connectivity index (χ4v) is 2.90. The van der Waals surface area contributed by atoms with Gasteiger partial charge in [0.2, 0.25) is 0 Å². The van der Waals surface area contributed by atoms with Crippen molar-refractivity contribution in [1.29, 1.82) is 0 Å². The van der Waals surface area contributed by atoms with Crippen LogP contribution >= 0.6 is 0 Å². The Hall–Kier alpha value is -1.55. The highest BCUT2D eigenvalue weighted by Gasteiger charge is 2.32. The lowest BCUT2D eigenvalue weighted by Gasteiger charge is -2.40. The SMILES string of the molecule is COc1c(F)ccc2ccn(C3CC(N(C)C)C3)c12. The molecule has 4 heteroatoms. The van der Waals surface area contributed by atoms with Gasteiger partial charge in [-0.3, -0.25) is 0 Å². The van der Waals surface area contributed by atoms with E-state index in [1.807, 2.05) is 18.3 Å². The molecule has 0 saturated heterocycles. The largest absolute Gasteiger partial charge is 0.492 e. The van der Waals surface area contributed by atoms with Gasteiger partial charge in [-0.1, -0.05) is 0 Å². The van der Waals surface area contributed by atoms with Crippen LogP contribution in [0.25, 0.3) is 10.9 Å². The molecule has 0 aliphatic heterocycles. The van der Waals surface area contributed by atoms with E-state index >= 15 is 0 Å². The number of ether oxygens (including phenoxy) is 1. The highest BCUT2D eigenvalue weighted by molar-refractivity contribution is 5.86. The van der Waals surface area contributed by atoms with Crippen LogP contribution in [0.3, 0.4) is 0 Å². The smallest absolute Gasteiger partial charge is 0.178 e. The van der Waals surface area contributed by atoms with E-state index in [1.165, 1.54) is 13.2 Å². The van der Waals surface area contributed by atoms with Crippen LogP contribution in [0.5, 0.6) is 5.75 Å². The normalized spacial score (nSPS) is 22.8. The minimum Gasteiger partial charge on any atom is -0.492 e. The molecule has 3 rings (SSSR count). The Morgan fingerprint density at radius 1 is 1.26 bits per heavy atom. The van der Waals surface area contributed by atoms with Gasteiger partial charge in [-0.05, 0) is 45.1 Å². The molecule has 0 radical (unpaired) electrons. The maximum absolute atomic E-state index is 13.8. The number of nitrogens with zero attached hydrogens (tertiary/aromatic N) is 2. The zero-order valence-corrected chi connectivity index (χ0v) is 11.6. The average molecular weight is 262 g/mol. The molecule has 1 aliphatic carbocycles. The molecule has 0 unspecified atom stereocenters. The Morgan fingerprint density at radius 3 is 2.63 bits per heavy atom. The predicted octanol–water partition coefficient (Wildman–Crippen LogP) is 3.05. The van der Waals surface area contributed by atoms with Crippen LogP contribution in [-0.2, 0) is 0 Å². The van der Waals surface area contributed by atoms with Crippen LogP contribution in [0, 0.1) is 5.82 Å². The molecule has 0 atom stereocenters. The maximum Gasteiger partial charge on any atom is 0.178 e. The van der Waals surface area contributed by atoms with Crippen molar-refractivity contribution in [3.05, 3.63) is 30.2 Å². The Balaban J connectivity index is 1.99. The summed E-state index contributed by atoms with van der Waals surface area (Å²) in [4.78, 5) is 2.25. The van der Waals surface area contributed by atoms with E-state index < -0.39 is 0 Å². The van der Waals surface area contributed by atoms with E-state index in [2.05, 4.69) is 23.6 Å². The first-order valence-electron chi connectivity index (χ1n) is 6.61. The van der Waals surface area contributed by atoms with E-state index in [1.54, 1.807) is 0 Å². The van der Waals surface area contributed by atoms with E-state index in [0.29, 0.717) is 17.8 Å². The Kier molecular flexibility index (Phi) is 2.97. The summed E-state index contributed by atoms with van der Waals surface area (Å²) < 4.78 is 21.2. The summed E-state index contributed by atoms with van der Waals surface area (Å²) in [5.74, 6) is 0.0641. The molecular formula is C15H19FN2O. The van der Waals surface area contributed by atoms with Gasteiger partial charge in [0.1, 0.15) is 0 Å². The number of halogens is 1. The van der Waals surface area contributed by atoms with E-state index in [4.69, 9.17) is 4.74 Å². The first kappa shape index (κ1) is 12.5. The molecule has 1 aromatic carbocycles. The number of aromatic nitrogens is 1. The summed E-state index contributed by atoms with van der Waals surface area (Å²) in [6.45, 7) is 0. The number of benzene rings is 1. The molecule has 0 N–H and O–H groups in total. The van der Waals surface area contributed by atoms with Crippen LogP contribution in [0.15, 0.2) is 24.4 Å². The molecule has 102 valence electrons. The summed E-state index contributed by atoms with van der Waals surface area (Å²) in [5, 5.41) is 1.03. The lowest BCUT2D eigenvalue weighted by atomic mass is 9.85. The van der Waals surface area contributed by atoms with Gasteiger partial charge >= 0.3 is 0 Å². The number of rotatable bonds is 3. The molecule has 1 aromatic heterocycles. The van der Waals surface area contributed by atoms with Crippen LogP contribution < -0.4 is 4.74 Å². The van der Waals surface area contributed by atoms with Crippen molar-refractivity contribution < 1.29 is 9.13 Å². The van der Waals surface area contributed by atoms with Crippen molar-refractivity contribution in [3.8, 4) is 5.75 Å². The zero-order chi connectivity index (χ0) is 13.6. The van der Waals surface area contributed by atoms with Gasteiger partial charge in [0.05, 0.1) is 12.6 Å². The molecule has 1 heterocycles. The average Bonchev–Trinajstić information content (AvgIpc) is 2.71. The first-order chi connectivity index (χ1) is 9.11. The van der Waals surface area contributed by atoms with Crippen molar-refractivity contribution >= 4 is 10.9 Å². The lowest BCUT2D eigenvalue weighted by Crippen LogP contribution is -2.41. The van der Waals surface area contributed by atoms with Crippen molar-refractivity contribution in [3.63, 3.8) is 0 Å². The number of methoxy groups -OCH3 is 1. The third kappa shape index (κ3) is 1.91.